The minimum absolute atomic E-state index is 0.0344. The van der Waals surface area contributed by atoms with Crippen molar-refractivity contribution in [3.8, 4) is 0 Å². The quantitative estimate of drug-likeness (QED) is 0.389. The molecule has 9 nitrogen and oxygen atoms in total. The number of azo groups is 1. The van der Waals surface area contributed by atoms with Gasteiger partial charge in [0.25, 0.3) is 5.69 Å². The van der Waals surface area contributed by atoms with Gasteiger partial charge in [-0.15, -0.1) is 5.11 Å². The van der Waals surface area contributed by atoms with Gasteiger partial charge in [0.1, 0.15) is 0 Å². The van der Waals surface area contributed by atoms with Crippen LogP contribution < -0.4 is 4.90 Å². The second kappa shape index (κ2) is 8.15. The van der Waals surface area contributed by atoms with Gasteiger partial charge in [-0.3, -0.25) is 20.2 Å². The molecule has 136 valence electrons. The Morgan fingerprint density at radius 2 is 1.54 bits per heavy atom. The number of aryl methyl sites for hydroxylation is 1. The van der Waals surface area contributed by atoms with E-state index < -0.39 is 15.5 Å². The van der Waals surface area contributed by atoms with E-state index in [0.717, 1.165) is 36.5 Å². The Labute approximate surface area is 150 Å². The van der Waals surface area contributed by atoms with Crippen LogP contribution in [-0.4, -0.2) is 22.9 Å². The van der Waals surface area contributed by atoms with Crippen molar-refractivity contribution in [1.29, 1.82) is 0 Å². The van der Waals surface area contributed by atoms with Crippen LogP contribution in [0.3, 0.4) is 0 Å². The molecule has 0 aliphatic carbocycles. The minimum atomic E-state index is -0.711. The topological polar surface area (TPSA) is 114 Å². The first kappa shape index (κ1) is 19.0. The van der Waals surface area contributed by atoms with Gasteiger partial charge in [-0.1, -0.05) is 0 Å². The summed E-state index contributed by atoms with van der Waals surface area (Å²) in [7, 11) is 0. The molecule has 0 amide bonds. The molecular formula is C17H19N5O4. The Morgan fingerprint density at radius 3 is 2.08 bits per heavy atom. The molecule has 26 heavy (non-hydrogen) atoms. The van der Waals surface area contributed by atoms with Crippen molar-refractivity contribution in [2.75, 3.05) is 18.0 Å². The second-order valence-corrected chi connectivity index (χ2v) is 5.53. The Balaban J connectivity index is 2.35. The first-order valence-corrected chi connectivity index (χ1v) is 8.07. The zero-order chi connectivity index (χ0) is 19.3. The molecule has 0 N–H and O–H groups in total. The van der Waals surface area contributed by atoms with Crippen molar-refractivity contribution < 1.29 is 9.85 Å². The standard InChI is InChI=1S/C17H19N5O4/c1-4-20(5-2)13-6-8-15(12(3)10-13)18-19-16-9-7-14(21(23)24)11-17(16)22(25)26/h6-11H,4-5H2,1-3H3. The van der Waals surface area contributed by atoms with E-state index >= 15 is 0 Å². The van der Waals surface area contributed by atoms with E-state index in [0.29, 0.717) is 5.69 Å². The van der Waals surface area contributed by atoms with E-state index in [-0.39, 0.29) is 11.4 Å². The number of nitrogens with zero attached hydrogens (tertiary/aromatic N) is 5. The fourth-order valence-corrected chi connectivity index (χ4v) is 2.50. The highest BCUT2D eigenvalue weighted by atomic mass is 16.6. The fraction of sp³-hybridized carbons (Fsp3) is 0.294. The Hall–Kier alpha value is -3.36. The maximum atomic E-state index is 11.1. The largest absolute Gasteiger partial charge is 0.372 e. The van der Waals surface area contributed by atoms with Gasteiger partial charge in [0.15, 0.2) is 5.69 Å². The first-order valence-electron chi connectivity index (χ1n) is 8.07. The van der Waals surface area contributed by atoms with Crippen molar-refractivity contribution in [2.45, 2.75) is 20.8 Å². The predicted octanol–water partition coefficient (Wildman–Crippen LogP) is 5.07. The van der Waals surface area contributed by atoms with Gasteiger partial charge in [-0.05, 0) is 50.6 Å². The molecule has 2 rings (SSSR count). The van der Waals surface area contributed by atoms with Crippen LogP contribution in [-0.2, 0) is 0 Å². The smallest absolute Gasteiger partial charge is 0.303 e. The summed E-state index contributed by atoms with van der Waals surface area (Å²) in [6, 6.07) is 8.95. The highest BCUT2D eigenvalue weighted by Gasteiger charge is 2.19. The third-order valence-electron chi connectivity index (χ3n) is 3.94. The number of hydrogen-bond acceptors (Lipinski definition) is 7. The minimum Gasteiger partial charge on any atom is -0.372 e. The predicted molar refractivity (Wildman–Crippen MR) is 98.7 cm³/mol. The highest BCUT2D eigenvalue weighted by molar-refractivity contribution is 5.62. The van der Waals surface area contributed by atoms with Crippen LogP contribution in [0.1, 0.15) is 19.4 Å². The number of nitro benzene ring substituents is 2. The van der Waals surface area contributed by atoms with Gasteiger partial charge in [0, 0.05) is 24.8 Å². The van der Waals surface area contributed by atoms with E-state index in [2.05, 4.69) is 29.0 Å². The molecule has 0 aromatic heterocycles. The summed E-state index contributed by atoms with van der Waals surface area (Å²) in [5.41, 5.74) is 1.66. The van der Waals surface area contributed by atoms with Crippen LogP contribution >= 0.6 is 0 Å². The normalized spacial score (nSPS) is 10.9. The molecule has 0 atom stereocenters. The van der Waals surface area contributed by atoms with E-state index in [1.165, 1.54) is 6.07 Å². The van der Waals surface area contributed by atoms with Crippen molar-refractivity contribution in [2.24, 2.45) is 10.2 Å². The summed E-state index contributed by atoms with van der Waals surface area (Å²) in [4.78, 5) is 22.7. The molecule has 9 heteroatoms. The molecular weight excluding hydrogens is 338 g/mol. The summed E-state index contributed by atoms with van der Waals surface area (Å²) in [5.74, 6) is 0. The van der Waals surface area contributed by atoms with E-state index in [1.54, 1.807) is 6.07 Å². The third kappa shape index (κ3) is 4.18. The number of rotatable bonds is 7. The van der Waals surface area contributed by atoms with Gasteiger partial charge < -0.3 is 4.90 Å². The van der Waals surface area contributed by atoms with Crippen LogP contribution in [0.25, 0.3) is 0 Å². The average molecular weight is 357 g/mol. The molecule has 0 spiro atoms. The van der Waals surface area contributed by atoms with Crippen molar-refractivity contribution in [1.82, 2.24) is 0 Å². The molecule has 0 saturated carbocycles. The van der Waals surface area contributed by atoms with E-state index in [9.17, 15) is 20.2 Å². The lowest BCUT2D eigenvalue weighted by atomic mass is 10.1. The van der Waals surface area contributed by atoms with Crippen molar-refractivity contribution >= 4 is 28.4 Å². The Bertz CT molecular complexity index is 862. The maximum absolute atomic E-state index is 11.1. The number of benzene rings is 2. The molecule has 0 bridgehead atoms. The lowest BCUT2D eigenvalue weighted by Crippen LogP contribution is -2.21. The first-order chi connectivity index (χ1) is 12.4. The number of nitro groups is 2. The number of anilines is 1. The molecule has 0 aliphatic rings. The van der Waals surface area contributed by atoms with Gasteiger partial charge in [-0.2, -0.15) is 5.11 Å². The SMILES string of the molecule is CCN(CC)c1ccc(N=Nc2ccc([N+](=O)[O-])cc2[N+](=O)[O-])c(C)c1. The average Bonchev–Trinajstić information content (AvgIpc) is 2.61. The molecule has 0 heterocycles. The summed E-state index contributed by atoms with van der Waals surface area (Å²) < 4.78 is 0. The lowest BCUT2D eigenvalue weighted by Gasteiger charge is -2.21. The molecule has 0 unspecified atom stereocenters. The Morgan fingerprint density at radius 1 is 0.923 bits per heavy atom. The van der Waals surface area contributed by atoms with Crippen molar-refractivity contribution in [3.05, 3.63) is 62.2 Å². The molecule has 0 aliphatic heterocycles. The van der Waals surface area contributed by atoms with Gasteiger partial charge in [0.05, 0.1) is 21.6 Å². The summed E-state index contributed by atoms with van der Waals surface area (Å²) in [6.07, 6.45) is 0. The zero-order valence-electron chi connectivity index (χ0n) is 14.7. The zero-order valence-corrected chi connectivity index (χ0v) is 14.7. The van der Waals surface area contributed by atoms with Crippen LogP contribution in [0, 0.1) is 27.2 Å². The van der Waals surface area contributed by atoms with Crippen LogP contribution in [0.4, 0.5) is 28.4 Å². The molecule has 0 saturated heterocycles. The molecule has 0 radical (unpaired) electrons. The second-order valence-electron chi connectivity index (χ2n) is 5.53. The lowest BCUT2D eigenvalue weighted by molar-refractivity contribution is -0.393. The van der Waals surface area contributed by atoms with Gasteiger partial charge in [-0.25, -0.2) is 0 Å². The fourth-order valence-electron chi connectivity index (χ4n) is 2.50. The third-order valence-corrected chi connectivity index (χ3v) is 3.94. The molecule has 2 aromatic rings. The summed E-state index contributed by atoms with van der Waals surface area (Å²) >= 11 is 0. The van der Waals surface area contributed by atoms with Gasteiger partial charge >= 0.3 is 5.69 Å². The molecule has 2 aromatic carbocycles. The molecule has 0 fully saturated rings. The Kier molecular flexibility index (Phi) is 5.94. The van der Waals surface area contributed by atoms with Gasteiger partial charge in [0.2, 0.25) is 0 Å². The number of hydrogen-bond donors (Lipinski definition) is 0. The van der Waals surface area contributed by atoms with E-state index in [1.807, 2.05) is 19.1 Å². The summed E-state index contributed by atoms with van der Waals surface area (Å²) in [6.45, 7) is 7.78. The van der Waals surface area contributed by atoms with Crippen LogP contribution in [0.15, 0.2) is 46.6 Å². The van der Waals surface area contributed by atoms with Crippen LogP contribution in [0.5, 0.6) is 0 Å². The number of non-ortho nitro benzene ring substituents is 1. The summed E-state index contributed by atoms with van der Waals surface area (Å²) in [5, 5.41) is 29.9. The van der Waals surface area contributed by atoms with Crippen LogP contribution in [0.2, 0.25) is 0 Å². The monoisotopic (exact) mass is 357 g/mol. The van der Waals surface area contributed by atoms with Crippen molar-refractivity contribution in [3.63, 3.8) is 0 Å². The maximum Gasteiger partial charge on any atom is 0.303 e. The van der Waals surface area contributed by atoms with E-state index in [4.69, 9.17) is 0 Å². The highest BCUT2D eigenvalue weighted by Crippen LogP contribution is 2.33.